The van der Waals surface area contributed by atoms with Crippen LogP contribution in [0.25, 0.3) is 5.76 Å². The second kappa shape index (κ2) is 19.1. The molecule has 2 bridgehead atoms. The third-order valence-corrected chi connectivity index (χ3v) is 13.4. The fourth-order valence-corrected chi connectivity index (χ4v) is 9.34. The molecule has 5 atom stereocenters. The van der Waals surface area contributed by atoms with Crippen molar-refractivity contribution in [2.24, 2.45) is 28.1 Å². The summed E-state index contributed by atoms with van der Waals surface area (Å²) in [4.78, 5) is 31.2. The Morgan fingerprint density at radius 2 is 1.32 bits per heavy atom. The lowest BCUT2D eigenvalue weighted by Crippen LogP contribution is -2.71. The number of hydrogen-bond acceptors (Lipinski definition) is 6. The molecule has 0 saturated heterocycles. The van der Waals surface area contributed by atoms with Crippen molar-refractivity contribution in [2.75, 3.05) is 0 Å². The van der Waals surface area contributed by atoms with Crippen LogP contribution in [0, 0.1) is 28.1 Å². The minimum atomic E-state index is -1.44. The van der Waals surface area contributed by atoms with Gasteiger partial charge in [-0.1, -0.05) is 108 Å². The van der Waals surface area contributed by atoms with E-state index in [1.165, 1.54) is 0 Å². The lowest BCUT2D eigenvalue weighted by Gasteiger charge is -2.65. The highest BCUT2D eigenvalue weighted by Crippen LogP contribution is 2.68. The number of benzene rings is 3. The highest BCUT2D eigenvalue weighted by atomic mass is 35.5. The van der Waals surface area contributed by atoms with E-state index in [0.29, 0.717) is 40.8 Å². The van der Waals surface area contributed by atoms with Crippen LogP contribution in [0.15, 0.2) is 119 Å². The van der Waals surface area contributed by atoms with Crippen LogP contribution in [0.3, 0.4) is 0 Å². The summed E-state index contributed by atoms with van der Waals surface area (Å²) in [6.07, 6.45) is 7.10. The average Bonchev–Trinajstić information content (AvgIpc) is 3.18. The van der Waals surface area contributed by atoms with Gasteiger partial charge in [-0.05, 0) is 151 Å². The predicted molar refractivity (Wildman–Crippen MR) is 245 cm³/mol. The van der Waals surface area contributed by atoms with E-state index < -0.39 is 39.7 Å². The van der Waals surface area contributed by atoms with Crippen LogP contribution in [0.4, 0.5) is 0 Å². The number of allylic oxidation sites excluding steroid dienone is 8. The van der Waals surface area contributed by atoms with E-state index in [2.05, 4.69) is 32.6 Å². The number of Topliss-reactive ketones (excluding diaryl/α,β-unsaturated/α-hetero) is 2. The number of halogens is 2. The molecule has 5 unspecified atom stereocenters. The molecular formula is C52H62Cl2O6. The Kier molecular flexibility index (Phi) is 14.9. The smallest absolute Gasteiger partial charge is 0.179 e. The number of ketones is 2. The summed E-state index contributed by atoms with van der Waals surface area (Å²) in [6.45, 7) is 22.9. The van der Waals surface area contributed by atoms with Gasteiger partial charge in [0.25, 0.3) is 0 Å². The van der Waals surface area contributed by atoms with Gasteiger partial charge in [-0.15, -0.1) is 0 Å². The van der Waals surface area contributed by atoms with Gasteiger partial charge >= 0.3 is 0 Å². The van der Waals surface area contributed by atoms with Crippen LogP contribution < -0.4 is 9.47 Å². The molecule has 2 N–H and O–H groups in total. The molecule has 3 aromatic rings. The molecule has 0 spiro atoms. The second-order valence-electron chi connectivity index (χ2n) is 18.3. The molecule has 2 fully saturated rings. The maximum atomic E-state index is 15.6. The molecule has 8 heteroatoms. The predicted octanol–water partition coefficient (Wildman–Crippen LogP) is 13.6. The van der Waals surface area contributed by atoms with Gasteiger partial charge in [0.05, 0.1) is 16.9 Å². The van der Waals surface area contributed by atoms with E-state index in [1.807, 2.05) is 78.8 Å². The number of carbonyl (C=O) groups is 2. The van der Waals surface area contributed by atoms with Crippen molar-refractivity contribution in [3.05, 3.63) is 146 Å². The van der Waals surface area contributed by atoms with Crippen LogP contribution in [0.5, 0.6) is 11.5 Å². The minimum Gasteiger partial charge on any atom is -0.506 e. The first-order valence-corrected chi connectivity index (χ1v) is 21.6. The van der Waals surface area contributed by atoms with E-state index in [1.54, 1.807) is 42.5 Å². The quantitative estimate of drug-likeness (QED) is 0.0645. The summed E-state index contributed by atoms with van der Waals surface area (Å²) in [5, 5.41) is 26.7. The van der Waals surface area contributed by atoms with Crippen molar-refractivity contribution in [2.45, 2.75) is 114 Å². The highest BCUT2D eigenvalue weighted by Gasteiger charge is 2.73. The molecule has 320 valence electrons. The van der Waals surface area contributed by atoms with Crippen LogP contribution in [0.2, 0.25) is 10.0 Å². The number of fused-ring (bicyclic) bond motifs is 2. The molecule has 2 aliphatic carbocycles. The molecule has 2 aliphatic rings. The molecule has 3 aromatic carbocycles. The Labute approximate surface area is 367 Å². The van der Waals surface area contributed by atoms with Crippen molar-refractivity contribution in [1.29, 1.82) is 0 Å². The molecule has 6 nitrogen and oxygen atoms in total. The van der Waals surface area contributed by atoms with Gasteiger partial charge in [0.1, 0.15) is 24.5 Å². The zero-order chi connectivity index (χ0) is 44.2. The number of aliphatic hydroxyl groups is 2. The zero-order valence-electron chi connectivity index (χ0n) is 36.8. The van der Waals surface area contributed by atoms with Gasteiger partial charge in [0, 0.05) is 15.6 Å². The third-order valence-electron chi connectivity index (χ3n) is 12.9. The number of rotatable bonds is 16. The Bertz CT molecular complexity index is 2200. The van der Waals surface area contributed by atoms with E-state index in [-0.39, 0.29) is 49.0 Å². The highest BCUT2D eigenvalue weighted by molar-refractivity contribution is 6.31. The van der Waals surface area contributed by atoms with Crippen molar-refractivity contribution < 1.29 is 29.3 Å². The SMILES string of the molecule is C=C(C)C(CC=C(C)C)CC12CC(CC=C(C)C)C(C)(C)C(CC=C(C)C)(C(=O)C(=C(O)c3ccc(OCc4ccc(Cl)cc4)c(OCc4ccc(Cl)cc4)c3)C1=O)C2O. The molecule has 60 heavy (non-hydrogen) atoms. The van der Waals surface area contributed by atoms with E-state index >= 15 is 9.59 Å². The summed E-state index contributed by atoms with van der Waals surface area (Å²) in [5.74, 6) is -1.10. The Morgan fingerprint density at radius 1 is 0.783 bits per heavy atom. The summed E-state index contributed by atoms with van der Waals surface area (Å²) in [7, 11) is 0. The topological polar surface area (TPSA) is 93.1 Å². The third kappa shape index (κ3) is 9.72. The van der Waals surface area contributed by atoms with Gasteiger partial charge < -0.3 is 19.7 Å². The van der Waals surface area contributed by atoms with Crippen LogP contribution >= 0.6 is 23.2 Å². The van der Waals surface area contributed by atoms with Crippen LogP contribution in [0.1, 0.15) is 111 Å². The summed E-state index contributed by atoms with van der Waals surface area (Å²) in [6, 6.07) is 19.5. The van der Waals surface area contributed by atoms with Crippen molar-refractivity contribution in [3.63, 3.8) is 0 Å². The first-order valence-electron chi connectivity index (χ1n) is 20.9. The summed E-state index contributed by atoms with van der Waals surface area (Å²) >= 11 is 12.3. The van der Waals surface area contributed by atoms with Crippen LogP contribution in [-0.4, -0.2) is 27.9 Å². The molecular weight excluding hydrogens is 791 g/mol. The normalized spacial score (nSPS) is 23.3. The fraction of sp³-hybridized carbons (Fsp3) is 0.423. The maximum absolute atomic E-state index is 15.6. The maximum Gasteiger partial charge on any atom is 0.179 e. The molecule has 0 aliphatic heterocycles. The Balaban J connectivity index is 1.72. The lowest BCUT2D eigenvalue weighted by atomic mass is 9.37. The molecule has 0 heterocycles. The van der Waals surface area contributed by atoms with Gasteiger partial charge in [0.2, 0.25) is 0 Å². The zero-order valence-corrected chi connectivity index (χ0v) is 38.3. The molecule has 0 aromatic heterocycles. The van der Waals surface area contributed by atoms with Gasteiger partial charge in [-0.2, -0.15) is 0 Å². The standard InChI is InChI=1S/C52H62Cl2O6/c1-32(2)11-17-39(35(7)8)28-51-29-40(19-12-33(3)4)50(9,10)52(49(51)58,26-25-34(5)6)48(57)45(47(51)56)46(55)38-18-24-43(59-30-36-13-20-41(53)21-14-36)44(27-38)60-31-37-15-22-42(54)23-16-37/h11-16,18,20-25,27,39-40,49,55,58H,7,17,19,26,28-31H2,1-6,8-10H3. The first kappa shape index (κ1) is 46.7. The number of aliphatic hydroxyl groups excluding tert-OH is 2. The monoisotopic (exact) mass is 852 g/mol. The molecule has 0 radical (unpaired) electrons. The lowest BCUT2D eigenvalue weighted by molar-refractivity contribution is -0.208. The van der Waals surface area contributed by atoms with Gasteiger partial charge in [-0.25, -0.2) is 0 Å². The fourth-order valence-electron chi connectivity index (χ4n) is 9.09. The summed E-state index contributed by atoms with van der Waals surface area (Å²) in [5.41, 5.74) is 2.22. The van der Waals surface area contributed by atoms with E-state index in [4.69, 9.17) is 32.7 Å². The Hall–Kier alpha value is -4.36. The van der Waals surface area contributed by atoms with E-state index in [9.17, 15) is 10.2 Å². The van der Waals surface area contributed by atoms with Crippen molar-refractivity contribution in [3.8, 4) is 11.5 Å². The Morgan fingerprint density at radius 3 is 1.83 bits per heavy atom. The van der Waals surface area contributed by atoms with Crippen LogP contribution in [-0.2, 0) is 22.8 Å². The molecule has 0 amide bonds. The van der Waals surface area contributed by atoms with Crippen molar-refractivity contribution >= 4 is 40.5 Å². The average molecular weight is 854 g/mol. The number of ether oxygens (including phenoxy) is 2. The second-order valence-corrected chi connectivity index (χ2v) is 19.2. The first-order chi connectivity index (χ1) is 28.2. The summed E-state index contributed by atoms with van der Waals surface area (Å²) < 4.78 is 12.6. The van der Waals surface area contributed by atoms with Gasteiger partial charge in [-0.3, -0.25) is 9.59 Å². The molecule has 2 saturated carbocycles. The number of hydrogen-bond donors (Lipinski definition) is 2. The largest absolute Gasteiger partial charge is 0.506 e. The number of carbonyl (C=O) groups excluding carboxylic acids is 2. The van der Waals surface area contributed by atoms with Crippen molar-refractivity contribution in [1.82, 2.24) is 0 Å². The van der Waals surface area contributed by atoms with E-state index in [0.717, 1.165) is 33.4 Å². The molecule has 5 rings (SSSR count). The van der Waals surface area contributed by atoms with Gasteiger partial charge in [0.15, 0.2) is 23.1 Å². The minimum absolute atomic E-state index is 0.128.